The van der Waals surface area contributed by atoms with Gasteiger partial charge in [-0.05, 0) is 36.8 Å². The first-order valence-corrected chi connectivity index (χ1v) is 9.38. The van der Waals surface area contributed by atoms with Crippen LogP contribution in [0.2, 0.25) is 0 Å². The van der Waals surface area contributed by atoms with E-state index in [0.29, 0.717) is 35.0 Å². The molecular weight excluding hydrogens is 386 g/mol. The Labute approximate surface area is 171 Å². The van der Waals surface area contributed by atoms with Crippen molar-refractivity contribution in [1.82, 2.24) is 15.1 Å². The van der Waals surface area contributed by atoms with Crippen LogP contribution in [-0.4, -0.2) is 34.0 Å². The predicted octanol–water partition coefficient (Wildman–Crippen LogP) is 1.27. The molecule has 0 bridgehead atoms. The van der Waals surface area contributed by atoms with E-state index in [1.807, 2.05) is 6.92 Å². The number of rotatable bonds is 7. The SMILES string of the molecule is CCCn1nc(C(=O)Nc2ccc(C(=O)NCC(N)=O)cc2)c2ccccc2c1=O. The lowest BCUT2D eigenvalue weighted by molar-refractivity contribution is -0.117. The third-order valence-electron chi connectivity index (χ3n) is 4.35. The monoisotopic (exact) mass is 407 g/mol. The zero-order valence-electron chi connectivity index (χ0n) is 16.3. The molecule has 0 aliphatic rings. The summed E-state index contributed by atoms with van der Waals surface area (Å²) in [7, 11) is 0. The van der Waals surface area contributed by atoms with Gasteiger partial charge in [0.2, 0.25) is 5.91 Å². The molecule has 0 unspecified atom stereocenters. The molecule has 0 radical (unpaired) electrons. The molecule has 0 aliphatic carbocycles. The third kappa shape index (κ3) is 4.52. The zero-order valence-corrected chi connectivity index (χ0v) is 16.3. The van der Waals surface area contributed by atoms with E-state index in [1.165, 1.54) is 16.8 Å². The van der Waals surface area contributed by atoms with Crippen molar-refractivity contribution in [2.75, 3.05) is 11.9 Å². The maximum Gasteiger partial charge on any atom is 0.276 e. The van der Waals surface area contributed by atoms with E-state index in [9.17, 15) is 19.2 Å². The normalized spacial score (nSPS) is 10.6. The summed E-state index contributed by atoms with van der Waals surface area (Å²) < 4.78 is 1.30. The van der Waals surface area contributed by atoms with Gasteiger partial charge in [-0.15, -0.1) is 0 Å². The Morgan fingerprint density at radius 3 is 2.30 bits per heavy atom. The number of aryl methyl sites for hydroxylation is 1. The fourth-order valence-electron chi connectivity index (χ4n) is 2.93. The smallest absolute Gasteiger partial charge is 0.276 e. The first kappa shape index (κ1) is 20.7. The molecule has 3 rings (SSSR count). The van der Waals surface area contributed by atoms with Crippen molar-refractivity contribution in [2.45, 2.75) is 19.9 Å². The Kier molecular flexibility index (Phi) is 6.21. The van der Waals surface area contributed by atoms with Crippen molar-refractivity contribution in [1.29, 1.82) is 0 Å². The molecule has 3 amide bonds. The standard InChI is InChI=1S/C21H21N5O4/c1-2-11-26-21(30)16-6-4-3-5-15(16)18(25-26)20(29)24-14-9-7-13(8-10-14)19(28)23-12-17(22)27/h3-10H,2,11-12H2,1H3,(H2,22,27)(H,23,28)(H,24,29). The Morgan fingerprint density at radius 1 is 1.00 bits per heavy atom. The van der Waals surface area contributed by atoms with Crippen molar-refractivity contribution >= 4 is 34.2 Å². The molecule has 1 aromatic heterocycles. The van der Waals surface area contributed by atoms with Crippen LogP contribution >= 0.6 is 0 Å². The molecule has 9 nitrogen and oxygen atoms in total. The summed E-state index contributed by atoms with van der Waals surface area (Å²) in [5.74, 6) is -1.57. The number of benzene rings is 2. The quantitative estimate of drug-likeness (QED) is 0.542. The largest absolute Gasteiger partial charge is 0.368 e. The molecule has 2 aromatic carbocycles. The molecule has 9 heteroatoms. The fraction of sp³-hybridized carbons (Fsp3) is 0.190. The highest BCUT2D eigenvalue weighted by atomic mass is 16.2. The molecule has 154 valence electrons. The van der Waals surface area contributed by atoms with E-state index >= 15 is 0 Å². The number of primary amides is 1. The summed E-state index contributed by atoms with van der Waals surface area (Å²) in [4.78, 5) is 48.1. The average Bonchev–Trinajstić information content (AvgIpc) is 2.74. The predicted molar refractivity (Wildman–Crippen MR) is 112 cm³/mol. The van der Waals surface area contributed by atoms with Gasteiger partial charge >= 0.3 is 0 Å². The minimum absolute atomic E-state index is 0.141. The second kappa shape index (κ2) is 8.99. The summed E-state index contributed by atoms with van der Waals surface area (Å²) in [6.45, 7) is 2.06. The van der Waals surface area contributed by atoms with Gasteiger partial charge in [-0.3, -0.25) is 19.2 Å². The molecule has 0 saturated carbocycles. The van der Waals surface area contributed by atoms with Gasteiger partial charge in [0.1, 0.15) is 0 Å². The van der Waals surface area contributed by atoms with Crippen molar-refractivity contribution in [3.8, 4) is 0 Å². The number of carbonyl (C=O) groups excluding carboxylic acids is 3. The molecule has 4 N–H and O–H groups in total. The number of aromatic nitrogens is 2. The van der Waals surface area contributed by atoms with Gasteiger partial charge < -0.3 is 16.4 Å². The van der Waals surface area contributed by atoms with Gasteiger partial charge in [0.05, 0.1) is 11.9 Å². The van der Waals surface area contributed by atoms with Crippen molar-refractivity contribution in [2.24, 2.45) is 5.73 Å². The highest BCUT2D eigenvalue weighted by Crippen LogP contribution is 2.16. The van der Waals surface area contributed by atoms with Gasteiger partial charge in [0.15, 0.2) is 5.69 Å². The van der Waals surface area contributed by atoms with E-state index in [2.05, 4.69) is 15.7 Å². The van der Waals surface area contributed by atoms with Crippen LogP contribution in [0.25, 0.3) is 10.8 Å². The van der Waals surface area contributed by atoms with Crippen LogP contribution in [-0.2, 0) is 11.3 Å². The molecular formula is C21H21N5O4. The fourth-order valence-corrected chi connectivity index (χ4v) is 2.93. The molecule has 0 aliphatic heterocycles. The Morgan fingerprint density at radius 2 is 1.67 bits per heavy atom. The summed E-state index contributed by atoms with van der Waals surface area (Å²) in [6.07, 6.45) is 0.700. The van der Waals surface area contributed by atoms with Gasteiger partial charge in [-0.25, -0.2) is 4.68 Å². The van der Waals surface area contributed by atoms with Crippen molar-refractivity contribution < 1.29 is 14.4 Å². The molecule has 0 atom stereocenters. The van der Waals surface area contributed by atoms with E-state index in [1.54, 1.807) is 36.4 Å². The van der Waals surface area contributed by atoms with E-state index in [-0.39, 0.29) is 17.8 Å². The van der Waals surface area contributed by atoms with Gasteiger partial charge in [-0.2, -0.15) is 5.10 Å². The number of fused-ring (bicyclic) bond motifs is 1. The number of amides is 3. The molecule has 1 heterocycles. The lowest BCUT2D eigenvalue weighted by Crippen LogP contribution is -2.33. The molecule has 30 heavy (non-hydrogen) atoms. The number of nitrogens with zero attached hydrogens (tertiary/aromatic N) is 2. The zero-order chi connectivity index (χ0) is 21.7. The number of hydrogen-bond donors (Lipinski definition) is 3. The maximum absolute atomic E-state index is 12.9. The topological polar surface area (TPSA) is 136 Å². The number of nitrogens with one attached hydrogen (secondary N) is 2. The number of hydrogen-bond acceptors (Lipinski definition) is 5. The molecule has 3 aromatic rings. The number of carbonyl (C=O) groups is 3. The van der Waals surface area contributed by atoms with Gasteiger partial charge in [-0.1, -0.05) is 25.1 Å². The van der Waals surface area contributed by atoms with Crippen LogP contribution in [0.5, 0.6) is 0 Å². The van der Waals surface area contributed by atoms with Crippen LogP contribution in [0.1, 0.15) is 34.2 Å². The second-order valence-corrected chi connectivity index (χ2v) is 6.60. The molecule has 0 saturated heterocycles. The van der Waals surface area contributed by atoms with Crippen LogP contribution in [0.4, 0.5) is 5.69 Å². The molecule has 0 spiro atoms. The Hall–Kier alpha value is -4.01. The van der Waals surface area contributed by atoms with Crippen LogP contribution < -0.4 is 21.9 Å². The lowest BCUT2D eigenvalue weighted by atomic mass is 10.1. The Balaban J connectivity index is 1.85. The summed E-state index contributed by atoms with van der Waals surface area (Å²) >= 11 is 0. The van der Waals surface area contributed by atoms with Gasteiger partial charge in [0, 0.05) is 23.2 Å². The second-order valence-electron chi connectivity index (χ2n) is 6.60. The first-order chi connectivity index (χ1) is 14.4. The summed E-state index contributed by atoms with van der Waals surface area (Å²) in [5.41, 5.74) is 5.67. The third-order valence-corrected chi connectivity index (χ3v) is 4.35. The summed E-state index contributed by atoms with van der Waals surface area (Å²) in [6, 6.07) is 13.0. The minimum atomic E-state index is -0.642. The van der Waals surface area contributed by atoms with E-state index in [4.69, 9.17) is 5.73 Å². The number of anilines is 1. The van der Waals surface area contributed by atoms with Crippen molar-refractivity contribution in [3.63, 3.8) is 0 Å². The van der Waals surface area contributed by atoms with E-state index in [0.717, 1.165) is 0 Å². The molecule has 0 fully saturated rings. The highest BCUT2D eigenvalue weighted by Gasteiger charge is 2.17. The van der Waals surface area contributed by atoms with E-state index < -0.39 is 17.7 Å². The van der Waals surface area contributed by atoms with Gasteiger partial charge in [0.25, 0.3) is 17.4 Å². The van der Waals surface area contributed by atoms with Crippen LogP contribution in [0, 0.1) is 0 Å². The summed E-state index contributed by atoms with van der Waals surface area (Å²) in [5, 5.41) is 10.3. The van der Waals surface area contributed by atoms with Crippen molar-refractivity contribution in [3.05, 3.63) is 70.1 Å². The Bertz CT molecular complexity index is 1170. The first-order valence-electron chi connectivity index (χ1n) is 9.38. The minimum Gasteiger partial charge on any atom is -0.368 e. The average molecular weight is 407 g/mol. The maximum atomic E-state index is 12.9. The van der Waals surface area contributed by atoms with Crippen LogP contribution in [0.3, 0.4) is 0 Å². The van der Waals surface area contributed by atoms with Crippen LogP contribution in [0.15, 0.2) is 53.3 Å². The highest BCUT2D eigenvalue weighted by molar-refractivity contribution is 6.11. The lowest BCUT2D eigenvalue weighted by Gasteiger charge is -2.11. The number of nitrogens with two attached hydrogens (primary N) is 1.